The number of aliphatic carboxylic acids is 1. The lowest BCUT2D eigenvalue weighted by molar-refractivity contribution is -0.139. The number of carboxylic acids is 1. The van der Waals surface area contributed by atoms with E-state index in [0.29, 0.717) is 6.42 Å². The fraction of sp³-hybridized carbons (Fsp3) is 0.176. The molecule has 0 amide bonds. The summed E-state index contributed by atoms with van der Waals surface area (Å²) in [5.74, 6) is -1.42. The van der Waals surface area contributed by atoms with Gasteiger partial charge in [-0.3, -0.25) is 9.79 Å². The van der Waals surface area contributed by atoms with Gasteiger partial charge in [0.05, 0.1) is 11.6 Å². The highest BCUT2D eigenvalue weighted by Gasteiger charge is 2.33. The predicted molar refractivity (Wildman–Crippen MR) is 78.6 cm³/mol. The van der Waals surface area contributed by atoms with E-state index in [1.165, 1.54) is 0 Å². The molecule has 0 radical (unpaired) electrons. The maximum absolute atomic E-state index is 11.7. The Balaban J connectivity index is 1.94. The van der Waals surface area contributed by atoms with Gasteiger partial charge in [-0.2, -0.15) is 0 Å². The van der Waals surface area contributed by atoms with E-state index < -0.39 is 11.9 Å². The molecule has 0 bridgehead atoms. The predicted octanol–water partition coefficient (Wildman–Crippen LogP) is 3.43. The van der Waals surface area contributed by atoms with Crippen LogP contribution in [0.25, 0.3) is 0 Å². The summed E-state index contributed by atoms with van der Waals surface area (Å²) >= 11 is 0. The van der Waals surface area contributed by atoms with Crippen molar-refractivity contribution >= 4 is 17.9 Å². The van der Waals surface area contributed by atoms with Crippen LogP contribution < -0.4 is 0 Å². The van der Waals surface area contributed by atoms with Crippen LogP contribution in [0.15, 0.2) is 59.6 Å². The average Bonchev–Trinajstić information content (AvgIpc) is 2.47. The van der Waals surface area contributed by atoms with E-state index in [1.54, 1.807) is 6.21 Å². The van der Waals surface area contributed by atoms with Crippen LogP contribution >= 0.6 is 0 Å². The third-order valence-corrected chi connectivity index (χ3v) is 3.69. The molecule has 2 unspecified atom stereocenters. The molecule has 0 fully saturated rings. The van der Waals surface area contributed by atoms with Crippen molar-refractivity contribution in [1.82, 2.24) is 0 Å². The molecule has 3 nitrogen and oxygen atoms in total. The zero-order valence-corrected chi connectivity index (χ0v) is 10.9. The molecule has 2 aromatic carbocycles. The zero-order chi connectivity index (χ0) is 13.9. The van der Waals surface area contributed by atoms with Crippen LogP contribution in [-0.4, -0.2) is 17.3 Å². The highest BCUT2D eigenvalue weighted by atomic mass is 16.4. The van der Waals surface area contributed by atoms with Crippen molar-refractivity contribution in [1.29, 1.82) is 0 Å². The summed E-state index contributed by atoms with van der Waals surface area (Å²) in [6, 6.07) is 17.4. The third-order valence-electron chi connectivity index (χ3n) is 3.69. The van der Waals surface area contributed by atoms with Crippen molar-refractivity contribution in [3.05, 3.63) is 65.7 Å². The topological polar surface area (TPSA) is 49.7 Å². The summed E-state index contributed by atoms with van der Waals surface area (Å²) in [5.41, 5.74) is 2.71. The van der Waals surface area contributed by atoms with Gasteiger partial charge in [0.15, 0.2) is 0 Å². The Hall–Kier alpha value is -2.42. The van der Waals surface area contributed by atoms with Crippen LogP contribution in [0, 0.1) is 5.92 Å². The van der Waals surface area contributed by atoms with Crippen molar-refractivity contribution in [2.75, 3.05) is 0 Å². The van der Waals surface area contributed by atoms with Gasteiger partial charge < -0.3 is 5.11 Å². The Morgan fingerprint density at radius 3 is 2.50 bits per heavy atom. The second-order valence-electron chi connectivity index (χ2n) is 5.01. The first-order chi connectivity index (χ1) is 9.75. The Kier molecular flexibility index (Phi) is 3.33. The Labute approximate surface area is 117 Å². The van der Waals surface area contributed by atoms with Crippen LogP contribution in [-0.2, 0) is 11.2 Å². The molecule has 1 aliphatic heterocycles. The van der Waals surface area contributed by atoms with Crippen molar-refractivity contribution in [2.24, 2.45) is 10.9 Å². The van der Waals surface area contributed by atoms with Crippen LogP contribution in [0.3, 0.4) is 0 Å². The van der Waals surface area contributed by atoms with Gasteiger partial charge in [-0.25, -0.2) is 0 Å². The van der Waals surface area contributed by atoms with E-state index in [4.69, 9.17) is 0 Å². The molecule has 20 heavy (non-hydrogen) atoms. The minimum Gasteiger partial charge on any atom is -0.481 e. The Bertz CT molecular complexity index is 649. The van der Waals surface area contributed by atoms with E-state index in [9.17, 15) is 9.90 Å². The van der Waals surface area contributed by atoms with Crippen LogP contribution in [0.5, 0.6) is 0 Å². The second kappa shape index (κ2) is 5.29. The average molecular weight is 265 g/mol. The number of nitrogens with zero attached hydrogens (tertiary/aromatic N) is 1. The van der Waals surface area contributed by atoms with Gasteiger partial charge >= 0.3 is 5.97 Å². The zero-order valence-electron chi connectivity index (χ0n) is 10.9. The van der Waals surface area contributed by atoms with E-state index in [2.05, 4.69) is 4.99 Å². The first-order valence-corrected chi connectivity index (χ1v) is 6.65. The van der Waals surface area contributed by atoms with Gasteiger partial charge in [0.1, 0.15) is 0 Å². The highest BCUT2D eigenvalue weighted by Crippen LogP contribution is 2.37. The summed E-state index contributed by atoms with van der Waals surface area (Å²) in [6.07, 6.45) is 2.48. The number of para-hydroxylation sites is 1. The van der Waals surface area contributed by atoms with Crippen molar-refractivity contribution in [3.8, 4) is 0 Å². The molecule has 0 spiro atoms. The summed E-state index contributed by atoms with van der Waals surface area (Å²) in [7, 11) is 0. The molecule has 3 heteroatoms. The lowest BCUT2D eigenvalue weighted by Gasteiger charge is -2.25. The van der Waals surface area contributed by atoms with E-state index in [0.717, 1.165) is 16.8 Å². The summed E-state index contributed by atoms with van der Waals surface area (Å²) in [5, 5.41) is 9.57. The monoisotopic (exact) mass is 265 g/mol. The SMILES string of the molecule is O=C(O)C1c2ccccc2N=CC1Cc1ccccc1. The van der Waals surface area contributed by atoms with Gasteiger partial charge in [-0.05, 0) is 23.6 Å². The first-order valence-electron chi connectivity index (χ1n) is 6.65. The van der Waals surface area contributed by atoms with Crippen molar-refractivity contribution in [2.45, 2.75) is 12.3 Å². The maximum atomic E-state index is 11.7. The van der Waals surface area contributed by atoms with Crippen molar-refractivity contribution < 1.29 is 9.90 Å². The fourth-order valence-electron chi connectivity index (χ4n) is 2.73. The van der Waals surface area contributed by atoms with E-state index >= 15 is 0 Å². The number of benzene rings is 2. The fourth-order valence-corrected chi connectivity index (χ4v) is 2.73. The largest absolute Gasteiger partial charge is 0.481 e. The highest BCUT2D eigenvalue weighted by molar-refractivity contribution is 5.87. The summed E-state index contributed by atoms with van der Waals surface area (Å²) in [6.45, 7) is 0. The Morgan fingerprint density at radius 1 is 1.05 bits per heavy atom. The van der Waals surface area contributed by atoms with Crippen LogP contribution in [0.1, 0.15) is 17.0 Å². The molecule has 1 heterocycles. The van der Waals surface area contributed by atoms with Gasteiger partial charge in [-0.1, -0.05) is 48.5 Å². The van der Waals surface area contributed by atoms with Crippen molar-refractivity contribution in [3.63, 3.8) is 0 Å². The molecule has 0 aromatic heterocycles. The lowest BCUT2D eigenvalue weighted by Crippen LogP contribution is -2.26. The van der Waals surface area contributed by atoms with Gasteiger partial charge in [-0.15, -0.1) is 0 Å². The van der Waals surface area contributed by atoms with Gasteiger partial charge in [0.25, 0.3) is 0 Å². The lowest BCUT2D eigenvalue weighted by atomic mass is 9.80. The number of aliphatic imine (C=N–C) groups is 1. The van der Waals surface area contributed by atoms with Crippen LogP contribution in [0.4, 0.5) is 5.69 Å². The minimum absolute atomic E-state index is 0.107. The molecule has 0 saturated heterocycles. The smallest absolute Gasteiger partial charge is 0.311 e. The molecule has 3 rings (SSSR count). The summed E-state index contributed by atoms with van der Waals surface area (Å²) < 4.78 is 0. The molecule has 2 aromatic rings. The number of fused-ring (bicyclic) bond motifs is 1. The number of hydrogen-bond acceptors (Lipinski definition) is 2. The molecule has 0 saturated carbocycles. The van der Waals surface area contributed by atoms with Gasteiger partial charge in [0, 0.05) is 12.1 Å². The summed E-state index contributed by atoms with van der Waals surface area (Å²) in [4.78, 5) is 16.1. The number of carboxylic acid groups (broad SMARTS) is 1. The standard InChI is InChI=1S/C17H15NO2/c19-17(20)16-13(10-12-6-2-1-3-7-12)11-18-15-9-5-4-8-14(15)16/h1-9,11,13,16H,10H2,(H,19,20). The first kappa shape index (κ1) is 12.6. The van der Waals surface area contributed by atoms with Gasteiger partial charge in [0.2, 0.25) is 0 Å². The molecule has 1 aliphatic rings. The third kappa shape index (κ3) is 2.35. The van der Waals surface area contributed by atoms with Crippen LogP contribution in [0.2, 0.25) is 0 Å². The number of hydrogen-bond donors (Lipinski definition) is 1. The normalized spacial score (nSPS) is 20.4. The Morgan fingerprint density at radius 2 is 1.75 bits per heavy atom. The number of rotatable bonds is 3. The minimum atomic E-state index is -0.787. The molecule has 2 atom stereocenters. The molecule has 1 N–H and O–H groups in total. The van der Waals surface area contributed by atoms with E-state index in [1.807, 2.05) is 54.6 Å². The maximum Gasteiger partial charge on any atom is 0.311 e. The molecular weight excluding hydrogens is 250 g/mol. The quantitative estimate of drug-likeness (QED) is 0.924. The second-order valence-corrected chi connectivity index (χ2v) is 5.01. The molecule has 100 valence electrons. The molecular formula is C17H15NO2. The van der Waals surface area contributed by atoms with E-state index in [-0.39, 0.29) is 5.92 Å². The molecule has 0 aliphatic carbocycles. The number of carbonyl (C=O) groups is 1.